The number of benzene rings is 1. The highest BCUT2D eigenvalue weighted by molar-refractivity contribution is 7.40. The highest BCUT2D eigenvalue weighted by atomic mass is 31.0. The summed E-state index contributed by atoms with van der Waals surface area (Å²) < 4.78 is 0. The molecule has 2 unspecified atom stereocenters. The first-order valence-corrected chi connectivity index (χ1v) is 7.20. The summed E-state index contributed by atoms with van der Waals surface area (Å²) in [5.41, 5.74) is 0.983. The molecule has 0 spiro atoms. The summed E-state index contributed by atoms with van der Waals surface area (Å²) >= 11 is 0. The van der Waals surface area contributed by atoms with E-state index >= 15 is 0 Å². The van der Waals surface area contributed by atoms with Gasteiger partial charge in [0.2, 0.25) is 5.91 Å². The molecule has 114 valence electrons. The summed E-state index contributed by atoms with van der Waals surface area (Å²) in [4.78, 5) is 47.0. The molecule has 1 aliphatic rings. The first kappa shape index (κ1) is 16.0. The highest BCUT2D eigenvalue weighted by Crippen LogP contribution is 2.19. The Balaban J connectivity index is 2.01. The maximum atomic E-state index is 11.8. The maximum Gasteiger partial charge on any atom is 0.258 e. The van der Waals surface area contributed by atoms with E-state index in [1.54, 1.807) is 31.2 Å². The molecule has 6 nitrogen and oxygen atoms in total. The van der Waals surface area contributed by atoms with E-state index in [2.05, 4.69) is 5.32 Å². The van der Waals surface area contributed by atoms with E-state index in [0.717, 1.165) is 10.5 Å². The zero-order chi connectivity index (χ0) is 16.3. The third-order valence-corrected chi connectivity index (χ3v) is 3.67. The molecule has 2 rings (SSSR count). The normalized spacial score (nSPS) is 15.1. The molecule has 0 aliphatic carbocycles. The van der Waals surface area contributed by atoms with Crippen molar-refractivity contribution >= 4 is 38.2 Å². The molecule has 22 heavy (non-hydrogen) atoms. The lowest BCUT2D eigenvalue weighted by Gasteiger charge is -2.14. The Morgan fingerprint density at radius 3 is 2.18 bits per heavy atom. The molecule has 1 aromatic rings. The third-order valence-electron chi connectivity index (χ3n) is 3.17. The third kappa shape index (κ3) is 3.65. The molecule has 0 saturated heterocycles. The molecule has 0 aromatic heterocycles. The Kier molecular flexibility index (Phi) is 4.83. The Labute approximate surface area is 129 Å². The van der Waals surface area contributed by atoms with Crippen LogP contribution >= 0.6 is 9.24 Å². The number of carbonyl (C=O) groups excluding carboxylic acids is 4. The minimum absolute atomic E-state index is 0.114. The average Bonchev–Trinajstić information content (AvgIpc) is 2.79. The summed E-state index contributed by atoms with van der Waals surface area (Å²) in [5, 5.41) is 2.57. The van der Waals surface area contributed by atoms with Gasteiger partial charge in [-0.25, -0.2) is 4.90 Å². The van der Waals surface area contributed by atoms with Crippen LogP contribution in [0.4, 0.5) is 5.69 Å². The quantitative estimate of drug-likeness (QED) is 0.635. The minimum atomic E-state index is -0.553. The zero-order valence-corrected chi connectivity index (χ0v) is 13.1. The lowest BCUT2D eigenvalue weighted by atomic mass is 10.1. The van der Waals surface area contributed by atoms with Crippen molar-refractivity contribution in [2.24, 2.45) is 0 Å². The van der Waals surface area contributed by atoms with Crippen LogP contribution in [-0.2, 0) is 25.6 Å². The van der Waals surface area contributed by atoms with E-state index in [-0.39, 0.29) is 29.7 Å². The average molecular weight is 318 g/mol. The molecule has 0 fully saturated rings. The van der Waals surface area contributed by atoms with Gasteiger partial charge < -0.3 is 5.32 Å². The van der Waals surface area contributed by atoms with Crippen LogP contribution in [0.3, 0.4) is 0 Å². The van der Waals surface area contributed by atoms with Crippen molar-refractivity contribution in [3.05, 3.63) is 42.0 Å². The van der Waals surface area contributed by atoms with Crippen LogP contribution in [0, 0.1) is 0 Å². The van der Waals surface area contributed by atoms with Gasteiger partial charge in [0.25, 0.3) is 11.8 Å². The molecule has 0 bridgehead atoms. The van der Waals surface area contributed by atoms with Gasteiger partial charge in [0.1, 0.15) is 0 Å². The summed E-state index contributed by atoms with van der Waals surface area (Å²) in [6.45, 7) is 1.61. The van der Waals surface area contributed by atoms with E-state index in [1.807, 2.05) is 9.24 Å². The topological polar surface area (TPSA) is 83.6 Å². The molecule has 7 heteroatoms. The van der Waals surface area contributed by atoms with Crippen molar-refractivity contribution in [2.75, 3.05) is 4.90 Å². The smallest absolute Gasteiger partial charge is 0.258 e. The summed E-state index contributed by atoms with van der Waals surface area (Å²) in [6.07, 6.45) is 2.54. The molecule has 3 amide bonds. The van der Waals surface area contributed by atoms with E-state index in [4.69, 9.17) is 0 Å². The summed E-state index contributed by atoms with van der Waals surface area (Å²) in [6, 6.07) is 6.00. The minimum Gasteiger partial charge on any atom is -0.346 e. The number of amides is 3. The van der Waals surface area contributed by atoms with Gasteiger partial charge in [-0.1, -0.05) is 21.4 Å². The van der Waals surface area contributed by atoms with Gasteiger partial charge in [0.15, 0.2) is 5.52 Å². The summed E-state index contributed by atoms with van der Waals surface area (Å²) in [7, 11) is 2.02. The van der Waals surface area contributed by atoms with Crippen molar-refractivity contribution in [3.63, 3.8) is 0 Å². The highest BCUT2D eigenvalue weighted by Gasteiger charge is 2.24. The van der Waals surface area contributed by atoms with Gasteiger partial charge in [0.05, 0.1) is 18.2 Å². The Hall–Kier alpha value is -2.33. The van der Waals surface area contributed by atoms with Gasteiger partial charge in [-0.05, 0) is 24.6 Å². The Morgan fingerprint density at radius 1 is 1.14 bits per heavy atom. The molecule has 1 aliphatic heterocycles. The van der Waals surface area contributed by atoms with Crippen molar-refractivity contribution in [1.82, 2.24) is 5.32 Å². The predicted molar refractivity (Wildman–Crippen MR) is 84.1 cm³/mol. The van der Waals surface area contributed by atoms with Gasteiger partial charge >= 0.3 is 0 Å². The molecule has 1 N–H and O–H groups in total. The van der Waals surface area contributed by atoms with Crippen LogP contribution in [0.15, 0.2) is 36.4 Å². The maximum absolute atomic E-state index is 11.8. The van der Waals surface area contributed by atoms with Crippen LogP contribution in [0.2, 0.25) is 0 Å². The van der Waals surface area contributed by atoms with Crippen molar-refractivity contribution < 1.29 is 19.2 Å². The van der Waals surface area contributed by atoms with Crippen LogP contribution in [0.5, 0.6) is 0 Å². The zero-order valence-electron chi connectivity index (χ0n) is 11.9. The van der Waals surface area contributed by atoms with Crippen LogP contribution in [0.1, 0.15) is 12.5 Å². The van der Waals surface area contributed by atoms with E-state index < -0.39 is 6.04 Å². The second-order valence-electron chi connectivity index (χ2n) is 4.88. The molecule has 2 atom stereocenters. The standard InChI is InChI=1S/C15H15N2O4P/c1-9(15(21)22)16-12(18)8-10-2-4-11(5-3-10)17-13(19)6-7-14(17)20/h2-7,9H,8,22H2,1H3,(H,16,18). The molecule has 0 saturated carbocycles. The fourth-order valence-corrected chi connectivity index (χ4v) is 2.05. The SMILES string of the molecule is CC(NC(=O)Cc1ccc(N2C(=O)C=CC2=O)cc1)C(=O)P. The van der Waals surface area contributed by atoms with Crippen LogP contribution in [0.25, 0.3) is 0 Å². The van der Waals surface area contributed by atoms with Gasteiger partial charge in [-0.2, -0.15) is 0 Å². The predicted octanol–water partition coefficient (Wildman–Crippen LogP) is 0.565. The Bertz CT molecular complexity index is 649. The van der Waals surface area contributed by atoms with E-state index in [0.29, 0.717) is 5.69 Å². The van der Waals surface area contributed by atoms with Crippen LogP contribution in [-0.4, -0.2) is 29.3 Å². The first-order valence-electron chi connectivity index (χ1n) is 6.62. The monoisotopic (exact) mass is 318 g/mol. The fraction of sp³-hybridized carbons (Fsp3) is 0.200. The second kappa shape index (κ2) is 6.62. The number of rotatable bonds is 5. The molecular weight excluding hydrogens is 303 g/mol. The summed E-state index contributed by atoms with van der Waals surface area (Å²) in [5.74, 6) is -1.04. The van der Waals surface area contributed by atoms with E-state index in [9.17, 15) is 19.2 Å². The largest absolute Gasteiger partial charge is 0.346 e. The Morgan fingerprint density at radius 2 is 1.68 bits per heavy atom. The van der Waals surface area contributed by atoms with Crippen molar-refractivity contribution in [2.45, 2.75) is 19.4 Å². The molecule has 1 heterocycles. The van der Waals surface area contributed by atoms with E-state index in [1.165, 1.54) is 12.2 Å². The number of anilines is 1. The number of imide groups is 1. The fourth-order valence-electron chi connectivity index (χ4n) is 1.97. The first-order chi connectivity index (χ1) is 10.4. The van der Waals surface area contributed by atoms with Gasteiger partial charge in [-0.15, -0.1) is 0 Å². The number of nitrogens with one attached hydrogen (secondary N) is 1. The molecular formula is C15H15N2O4P. The van der Waals surface area contributed by atoms with Crippen molar-refractivity contribution in [1.29, 1.82) is 0 Å². The molecule has 0 radical (unpaired) electrons. The number of carbonyl (C=O) groups is 4. The lowest BCUT2D eigenvalue weighted by molar-refractivity contribution is -0.124. The number of hydrogen-bond acceptors (Lipinski definition) is 4. The second-order valence-corrected chi connectivity index (χ2v) is 5.45. The van der Waals surface area contributed by atoms with Gasteiger partial charge in [0, 0.05) is 12.2 Å². The lowest BCUT2D eigenvalue weighted by Crippen LogP contribution is -2.37. The number of nitrogens with zero attached hydrogens (tertiary/aromatic N) is 1. The number of hydrogen-bond donors (Lipinski definition) is 1. The van der Waals surface area contributed by atoms with Crippen LogP contribution < -0.4 is 10.2 Å². The van der Waals surface area contributed by atoms with Crippen molar-refractivity contribution in [3.8, 4) is 0 Å². The molecule has 1 aromatic carbocycles. The van der Waals surface area contributed by atoms with Gasteiger partial charge in [-0.3, -0.25) is 19.2 Å².